The van der Waals surface area contributed by atoms with Crippen LogP contribution >= 0.6 is 0 Å². The van der Waals surface area contributed by atoms with Gasteiger partial charge in [0.15, 0.2) is 0 Å². The minimum Gasteiger partial charge on any atom is -0.370 e. The highest BCUT2D eigenvalue weighted by Gasteiger charge is 2.27. The third kappa shape index (κ3) is 5.91. The molecule has 3 N–H and O–H groups in total. The first-order valence-corrected chi connectivity index (χ1v) is 5.69. The third-order valence-corrected chi connectivity index (χ3v) is 2.40. The average Bonchev–Trinajstić information content (AvgIpc) is 1.96. The summed E-state index contributed by atoms with van der Waals surface area (Å²) in [4.78, 5) is 11.1. The lowest BCUT2D eigenvalue weighted by atomic mass is 9.81. The number of hydrogen-bond donors (Lipinski definition) is 2. The molecule has 94 valence electrons. The molecular formula is C13H26N2O. The Balaban J connectivity index is 4.81. The van der Waals surface area contributed by atoms with Crippen LogP contribution in [0, 0.1) is 5.41 Å². The van der Waals surface area contributed by atoms with Crippen molar-refractivity contribution in [2.24, 2.45) is 11.1 Å². The minimum absolute atomic E-state index is 0.0294. The van der Waals surface area contributed by atoms with Crippen LogP contribution in [0.4, 0.5) is 0 Å². The zero-order valence-corrected chi connectivity index (χ0v) is 11.5. The molecule has 0 radical (unpaired) electrons. The molecule has 0 aliphatic rings. The maximum absolute atomic E-state index is 11.1. The van der Waals surface area contributed by atoms with E-state index in [-0.39, 0.29) is 22.9 Å². The number of carbonyl (C=O) groups is 1. The maximum atomic E-state index is 11.1. The van der Waals surface area contributed by atoms with E-state index in [2.05, 4.69) is 53.4 Å². The number of primary amides is 1. The summed E-state index contributed by atoms with van der Waals surface area (Å²) in [6.45, 7) is 16.6. The van der Waals surface area contributed by atoms with Gasteiger partial charge in [0, 0.05) is 18.0 Å². The van der Waals surface area contributed by atoms with Crippen LogP contribution < -0.4 is 11.1 Å². The van der Waals surface area contributed by atoms with Gasteiger partial charge in [-0.1, -0.05) is 32.9 Å². The molecule has 0 saturated heterocycles. The highest BCUT2D eigenvalue weighted by atomic mass is 16.1. The second-order valence-electron chi connectivity index (χ2n) is 6.39. The highest BCUT2D eigenvalue weighted by molar-refractivity contribution is 5.75. The molecule has 0 heterocycles. The van der Waals surface area contributed by atoms with Gasteiger partial charge in [0.25, 0.3) is 0 Å². The predicted molar refractivity (Wildman–Crippen MR) is 69.1 cm³/mol. The molecule has 0 aliphatic carbocycles. The van der Waals surface area contributed by atoms with Crippen molar-refractivity contribution in [3.63, 3.8) is 0 Å². The van der Waals surface area contributed by atoms with E-state index >= 15 is 0 Å². The normalized spacial score (nSPS) is 14.6. The van der Waals surface area contributed by atoms with E-state index in [1.807, 2.05) is 0 Å². The molecule has 0 fully saturated rings. The number of nitrogens with one attached hydrogen (secondary N) is 1. The van der Waals surface area contributed by atoms with Gasteiger partial charge >= 0.3 is 0 Å². The van der Waals surface area contributed by atoms with Crippen molar-refractivity contribution in [1.82, 2.24) is 5.32 Å². The van der Waals surface area contributed by atoms with Crippen molar-refractivity contribution in [2.45, 2.75) is 59.5 Å². The van der Waals surface area contributed by atoms with E-state index in [1.165, 1.54) is 0 Å². The fraction of sp³-hybridized carbons (Fsp3) is 0.769. The molecule has 0 aromatic carbocycles. The van der Waals surface area contributed by atoms with Crippen molar-refractivity contribution in [3.8, 4) is 0 Å². The Morgan fingerprint density at radius 3 is 1.94 bits per heavy atom. The summed E-state index contributed by atoms with van der Waals surface area (Å²) in [6, 6.07) is -0.0579. The van der Waals surface area contributed by atoms with E-state index in [0.29, 0.717) is 6.42 Å². The van der Waals surface area contributed by atoms with Crippen LogP contribution in [0.2, 0.25) is 0 Å². The summed E-state index contributed by atoms with van der Waals surface area (Å²) >= 11 is 0. The van der Waals surface area contributed by atoms with E-state index in [9.17, 15) is 4.79 Å². The molecule has 16 heavy (non-hydrogen) atoms. The second-order valence-corrected chi connectivity index (χ2v) is 6.39. The molecule has 0 aromatic heterocycles. The molecule has 0 aromatic rings. The lowest BCUT2D eigenvalue weighted by Gasteiger charge is -2.34. The summed E-state index contributed by atoms with van der Waals surface area (Å²) in [5.41, 5.74) is 6.20. The Hall–Kier alpha value is -0.830. The summed E-state index contributed by atoms with van der Waals surface area (Å²) in [5, 5.41) is 3.39. The first-order chi connectivity index (χ1) is 6.93. The Kier molecular flexibility index (Phi) is 4.74. The molecule has 0 saturated carbocycles. The fourth-order valence-corrected chi connectivity index (χ4v) is 1.51. The number of nitrogens with two attached hydrogens (primary N) is 1. The van der Waals surface area contributed by atoms with Crippen LogP contribution in [0.25, 0.3) is 0 Å². The van der Waals surface area contributed by atoms with Crippen LogP contribution in [-0.4, -0.2) is 17.5 Å². The van der Waals surface area contributed by atoms with Crippen LogP contribution in [0.3, 0.4) is 0 Å². The maximum Gasteiger partial charge on any atom is 0.219 e. The summed E-state index contributed by atoms with van der Waals surface area (Å²) < 4.78 is 0. The zero-order valence-electron chi connectivity index (χ0n) is 11.5. The smallest absolute Gasteiger partial charge is 0.219 e. The second kappa shape index (κ2) is 5.00. The summed E-state index contributed by atoms with van der Waals surface area (Å²) in [7, 11) is 0. The third-order valence-electron chi connectivity index (χ3n) is 2.40. The van der Waals surface area contributed by atoms with Crippen molar-refractivity contribution in [2.75, 3.05) is 0 Å². The topological polar surface area (TPSA) is 55.1 Å². The van der Waals surface area contributed by atoms with Gasteiger partial charge in [-0.3, -0.25) is 4.79 Å². The minimum atomic E-state index is -0.299. The summed E-state index contributed by atoms with van der Waals surface area (Å²) in [6.07, 6.45) is 0.299. The fourth-order valence-electron chi connectivity index (χ4n) is 1.51. The quantitative estimate of drug-likeness (QED) is 0.722. The van der Waals surface area contributed by atoms with Gasteiger partial charge in [0.05, 0.1) is 0 Å². The number of rotatable bonds is 4. The molecule has 1 amide bonds. The van der Waals surface area contributed by atoms with Gasteiger partial charge in [0.1, 0.15) is 0 Å². The van der Waals surface area contributed by atoms with Crippen LogP contribution in [0.5, 0.6) is 0 Å². The predicted octanol–water partition coefficient (Wildman–Crippen LogP) is 2.22. The number of carbonyl (C=O) groups excluding carboxylic acids is 1. The van der Waals surface area contributed by atoms with Gasteiger partial charge in [-0.25, -0.2) is 0 Å². The van der Waals surface area contributed by atoms with Crippen LogP contribution in [0.15, 0.2) is 12.2 Å². The first kappa shape index (κ1) is 15.2. The molecule has 1 unspecified atom stereocenters. The monoisotopic (exact) mass is 226 g/mol. The van der Waals surface area contributed by atoms with Crippen molar-refractivity contribution >= 4 is 5.91 Å². The van der Waals surface area contributed by atoms with Gasteiger partial charge in [-0.05, 0) is 26.2 Å². The van der Waals surface area contributed by atoms with Crippen LogP contribution in [0.1, 0.15) is 48.0 Å². The molecular weight excluding hydrogens is 200 g/mol. The van der Waals surface area contributed by atoms with Gasteiger partial charge < -0.3 is 11.1 Å². The SMILES string of the molecule is C=C(C(CC(N)=O)NC(C)(C)C)C(C)(C)C. The van der Waals surface area contributed by atoms with E-state index in [1.54, 1.807) is 0 Å². The zero-order chi connectivity index (χ0) is 13.1. The summed E-state index contributed by atoms with van der Waals surface area (Å²) in [5.74, 6) is -0.299. The Bertz CT molecular complexity index is 269. The van der Waals surface area contributed by atoms with Crippen molar-refractivity contribution in [1.29, 1.82) is 0 Å². The largest absolute Gasteiger partial charge is 0.370 e. The number of hydrogen-bond acceptors (Lipinski definition) is 2. The molecule has 0 spiro atoms. The Labute approximate surface area is 99.5 Å². The van der Waals surface area contributed by atoms with Gasteiger partial charge in [0.2, 0.25) is 5.91 Å². The van der Waals surface area contributed by atoms with Gasteiger partial charge in [-0.2, -0.15) is 0 Å². The van der Waals surface area contributed by atoms with E-state index < -0.39 is 0 Å². The average molecular weight is 226 g/mol. The highest BCUT2D eigenvalue weighted by Crippen LogP contribution is 2.28. The Morgan fingerprint density at radius 1 is 1.25 bits per heavy atom. The van der Waals surface area contributed by atoms with Crippen molar-refractivity contribution in [3.05, 3.63) is 12.2 Å². The van der Waals surface area contributed by atoms with Crippen molar-refractivity contribution < 1.29 is 4.79 Å². The molecule has 0 aliphatic heterocycles. The molecule has 3 heteroatoms. The van der Waals surface area contributed by atoms with Gasteiger partial charge in [-0.15, -0.1) is 0 Å². The Morgan fingerprint density at radius 2 is 1.69 bits per heavy atom. The molecule has 1 atom stereocenters. The van der Waals surface area contributed by atoms with Crippen LogP contribution in [-0.2, 0) is 4.79 Å². The standard InChI is InChI=1S/C13H26N2O/c1-9(12(2,3)4)10(8-11(14)16)15-13(5,6)7/h10,15H,1,8H2,2-7H3,(H2,14,16). The molecule has 0 bridgehead atoms. The lowest BCUT2D eigenvalue weighted by molar-refractivity contribution is -0.118. The molecule has 3 nitrogen and oxygen atoms in total. The van der Waals surface area contributed by atoms with E-state index in [4.69, 9.17) is 5.73 Å². The number of amides is 1. The molecule has 0 rings (SSSR count). The lowest BCUT2D eigenvalue weighted by Crippen LogP contribution is -2.47. The first-order valence-electron chi connectivity index (χ1n) is 5.69. The van der Waals surface area contributed by atoms with E-state index in [0.717, 1.165) is 5.57 Å².